The van der Waals surface area contributed by atoms with E-state index in [-0.39, 0.29) is 16.8 Å². The third-order valence-electron chi connectivity index (χ3n) is 4.23. The molecule has 1 aliphatic carbocycles. The van der Waals surface area contributed by atoms with Gasteiger partial charge in [-0.25, -0.2) is 13.1 Å². The van der Waals surface area contributed by atoms with Crippen molar-refractivity contribution in [3.05, 3.63) is 29.8 Å². The van der Waals surface area contributed by atoms with Gasteiger partial charge in [-0.1, -0.05) is 13.0 Å². The van der Waals surface area contributed by atoms with Gasteiger partial charge in [0.15, 0.2) is 0 Å². The van der Waals surface area contributed by atoms with Gasteiger partial charge in [-0.2, -0.15) is 0 Å². The van der Waals surface area contributed by atoms with Gasteiger partial charge < -0.3 is 4.90 Å². The Morgan fingerprint density at radius 1 is 1.27 bits per heavy atom. The first kappa shape index (κ1) is 15.5. The molecule has 2 aliphatic rings. The molecule has 5 nitrogen and oxygen atoms in total. The van der Waals surface area contributed by atoms with Crippen LogP contribution in [0.3, 0.4) is 0 Å². The SMILES string of the molecule is C[C@H]1CCCN(C(=O)c2cccc(S(=O)(=O)NC3CC3)c2)C1. The normalized spacial score (nSPS) is 22.6. The molecule has 1 aromatic carbocycles. The molecule has 6 heteroatoms. The zero-order valence-corrected chi connectivity index (χ0v) is 13.6. The van der Waals surface area contributed by atoms with E-state index < -0.39 is 10.0 Å². The average molecular weight is 322 g/mol. The number of likely N-dealkylation sites (tertiary alicyclic amines) is 1. The third-order valence-corrected chi connectivity index (χ3v) is 5.75. The molecule has 3 rings (SSSR count). The fraction of sp³-hybridized carbons (Fsp3) is 0.562. The van der Waals surface area contributed by atoms with E-state index in [1.54, 1.807) is 18.2 Å². The Bertz CT molecular complexity index is 668. The topological polar surface area (TPSA) is 66.5 Å². The second kappa shape index (κ2) is 6.01. The summed E-state index contributed by atoms with van der Waals surface area (Å²) in [5, 5.41) is 0. The van der Waals surface area contributed by atoms with Crippen LogP contribution < -0.4 is 4.72 Å². The minimum absolute atomic E-state index is 0.0623. The number of nitrogens with one attached hydrogen (secondary N) is 1. The number of carbonyl (C=O) groups excluding carboxylic acids is 1. The molecule has 22 heavy (non-hydrogen) atoms. The van der Waals surface area contributed by atoms with Crippen molar-refractivity contribution in [1.29, 1.82) is 0 Å². The maximum absolute atomic E-state index is 12.6. The van der Waals surface area contributed by atoms with Gasteiger partial charge in [-0.15, -0.1) is 0 Å². The van der Waals surface area contributed by atoms with E-state index in [4.69, 9.17) is 0 Å². The quantitative estimate of drug-likeness (QED) is 0.922. The maximum atomic E-state index is 12.6. The van der Waals surface area contributed by atoms with Crippen LogP contribution in [-0.4, -0.2) is 38.4 Å². The van der Waals surface area contributed by atoms with Gasteiger partial charge in [-0.05, 0) is 49.8 Å². The first-order valence-electron chi connectivity index (χ1n) is 7.87. The Hall–Kier alpha value is -1.40. The van der Waals surface area contributed by atoms with Crippen molar-refractivity contribution >= 4 is 15.9 Å². The van der Waals surface area contributed by atoms with Gasteiger partial charge in [0.2, 0.25) is 10.0 Å². The van der Waals surface area contributed by atoms with Crippen LogP contribution in [-0.2, 0) is 10.0 Å². The average Bonchev–Trinajstić information content (AvgIpc) is 3.30. The van der Waals surface area contributed by atoms with Crippen molar-refractivity contribution < 1.29 is 13.2 Å². The Balaban J connectivity index is 1.79. The number of nitrogens with zero attached hydrogens (tertiary/aromatic N) is 1. The Kier molecular flexibility index (Phi) is 4.23. The van der Waals surface area contributed by atoms with Gasteiger partial charge in [0.1, 0.15) is 0 Å². The molecule has 1 aliphatic heterocycles. The summed E-state index contributed by atoms with van der Waals surface area (Å²) in [4.78, 5) is 14.6. The molecule has 1 aromatic rings. The van der Waals surface area contributed by atoms with Crippen molar-refractivity contribution in [2.24, 2.45) is 5.92 Å². The molecule has 0 spiro atoms. The number of amides is 1. The van der Waals surface area contributed by atoms with Gasteiger partial charge >= 0.3 is 0 Å². The highest BCUT2D eigenvalue weighted by atomic mass is 32.2. The first-order valence-corrected chi connectivity index (χ1v) is 9.36. The molecule has 2 fully saturated rings. The van der Waals surface area contributed by atoms with Gasteiger partial charge in [0, 0.05) is 24.7 Å². The fourth-order valence-corrected chi connectivity index (χ4v) is 4.19. The van der Waals surface area contributed by atoms with E-state index in [2.05, 4.69) is 11.6 Å². The third kappa shape index (κ3) is 3.50. The molecular formula is C16H22N2O3S. The van der Waals surface area contributed by atoms with Crippen molar-refractivity contribution in [2.45, 2.75) is 43.5 Å². The molecule has 0 aromatic heterocycles. The Morgan fingerprint density at radius 2 is 2.05 bits per heavy atom. The summed E-state index contributed by atoms with van der Waals surface area (Å²) in [7, 11) is -3.52. The summed E-state index contributed by atoms with van der Waals surface area (Å²) in [5.74, 6) is 0.427. The summed E-state index contributed by atoms with van der Waals surface area (Å²) in [6.45, 7) is 3.64. The van der Waals surface area contributed by atoms with Crippen molar-refractivity contribution in [2.75, 3.05) is 13.1 Å². The lowest BCUT2D eigenvalue weighted by atomic mass is 9.99. The predicted molar refractivity (Wildman–Crippen MR) is 84.1 cm³/mol. The molecular weight excluding hydrogens is 300 g/mol. The predicted octanol–water partition coefficient (Wildman–Crippen LogP) is 2.00. The fourth-order valence-electron chi connectivity index (χ4n) is 2.84. The summed E-state index contributed by atoms with van der Waals surface area (Å²) >= 11 is 0. The zero-order valence-electron chi connectivity index (χ0n) is 12.8. The van der Waals surface area contributed by atoms with Gasteiger partial charge in [-0.3, -0.25) is 4.79 Å². The summed E-state index contributed by atoms with van der Waals surface area (Å²) < 4.78 is 27.1. The lowest BCUT2D eigenvalue weighted by molar-refractivity contribution is 0.0683. The highest BCUT2D eigenvalue weighted by Crippen LogP contribution is 2.23. The number of hydrogen-bond acceptors (Lipinski definition) is 3. The summed E-state index contributed by atoms with van der Waals surface area (Å²) in [5.41, 5.74) is 0.452. The molecule has 0 unspecified atom stereocenters. The lowest BCUT2D eigenvalue weighted by Crippen LogP contribution is -2.39. The summed E-state index contributed by atoms with van der Waals surface area (Å²) in [6, 6.07) is 6.43. The highest BCUT2D eigenvalue weighted by molar-refractivity contribution is 7.89. The van der Waals surface area contributed by atoms with Crippen LogP contribution in [0.4, 0.5) is 0 Å². The first-order chi connectivity index (χ1) is 10.5. The summed E-state index contributed by atoms with van der Waals surface area (Å²) in [6.07, 6.45) is 3.94. The molecule has 1 N–H and O–H groups in total. The van der Waals surface area contributed by atoms with Crippen molar-refractivity contribution in [3.63, 3.8) is 0 Å². The smallest absolute Gasteiger partial charge is 0.253 e. The zero-order chi connectivity index (χ0) is 15.7. The van der Waals surface area contributed by atoms with Gasteiger partial charge in [0.05, 0.1) is 4.90 Å². The maximum Gasteiger partial charge on any atom is 0.253 e. The van der Waals surface area contributed by atoms with E-state index in [9.17, 15) is 13.2 Å². The van der Waals surface area contributed by atoms with E-state index in [1.807, 2.05) is 4.90 Å². The minimum atomic E-state index is -3.52. The largest absolute Gasteiger partial charge is 0.338 e. The number of sulfonamides is 1. The molecule has 0 bridgehead atoms. The number of carbonyl (C=O) groups is 1. The molecule has 1 amide bonds. The second-order valence-corrected chi connectivity index (χ2v) is 8.14. The van der Waals surface area contributed by atoms with Crippen LogP contribution >= 0.6 is 0 Å². The van der Waals surface area contributed by atoms with E-state index in [1.165, 1.54) is 6.07 Å². The number of piperidine rings is 1. The van der Waals surface area contributed by atoms with Crippen LogP contribution in [0.5, 0.6) is 0 Å². The molecule has 1 atom stereocenters. The van der Waals surface area contributed by atoms with E-state index in [0.29, 0.717) is 11.5 Å². The van der Waals surface area contributed by atoms with Crippen LogP contribution in [0.15, 0.2) is 29.2 Å². The second-order valence-electron chi connectivity index (χ2n) is 6.42. The molecule has 1 saturated carbocycles. The molecule has 0 radical (unpaired) electrons. The molecule has 1 heterocycles. The lowest BCUT2D eigenvalue weighted by Gasteiger charge is -2.31. The standard InChI is InChI=1S/C16H22N2O3S/c1-12-4-3-9-18(11-12)16(19)13-5-2-6-15(10-13)22(20,21)17-14-7-8-14/h2,5-6,10,12,14,17H,3-4,7-9,11H2,1H3/t12-/m0/s1. The minimum Gasteiger partial charge on any atom is -0.338 e. The van der Waals surface area contributed by atoms with Crippen LogP contribution in [0.25, 0.3) is 0 Å². The Morgan fingerprint density at radius 3 is 2.73 bits per heavy atom. The monoisotopic (exact) mass is 322 g/mol. The van der Waals surface area contributed by atoms with Crippen LogP contribution in [0, 0.1) is 5.92 Å². The number of rotatable bonds is 4. The Labute approximate surface area is 131 Å². The van der Waals surface area contributed by atoms with Crippen LogP contribution in [0.2, 0.25) is 0 Å². The molecule has 120 valence electrons. The van der Waals surface area contributed by atoms with Crippen LogP contribution in [0.1, 0.15) is 43.0 Å². The number of hydrogen-bond donors (Lipinski definition) is 1. The van der Waals surface area contributed by atoms with E-state index in [0.717, 1.165) is 38.8 Å². The van der Waals surface area contributed by atoms with Crippen molar-refractivity contribution in [3.8, 4) is 0 Å². The van der Waals surface area contributed by atoms with Gasteiger partial charge in [0.25, 0.3) is 5.91 Å². The highest BCUT2D eigenvalue weighted by Gasteiger charge is 2.29. The molecule has 1 saturated heterocycles. The van der Waals surface area contributed by atoms with E-state index >= 15 is 0 Å². The number of benzene rings is 1. The van der Waals surface area contributed by atoms with Crippen molar-refractivity contribution in [1.82, 2.24) is 9.62 Å².